The molecule has 6 nitrogen and oxygen atoms in total. The predicted molar refractivity (Wildman–Crippen MR) is 64.2 cm³/mol. The molecule has 1 aliphatic rings. The second-order valence-corrected chi connectivity index (χ2v) is 4.46. The number of aryl methyl sites for hydroxylation is 1. The van der Waals surface area contributed by atoms with Crippen molar-refractivity contribution in [2.24, 2.45) is 0 Å². The summed E-state index contributed by atoms with van der Waals surface area (Å²) in [6, 6.07) is 1.70. The molecular weight excluding hydrogens is 234 g/mol. The molecule has 1 fully saturated rings. The van der Waals surface area contributed by atoms with Crippen LogP contribution in [-0.2, 0) is 11.3 Å². The molecule has 1 N–H and O–H groups in total. The minimum Gasteiger partial charge on any atom is -0.481 e. The third kappa shape index (κ3) is 3.09. The number of carbonyl (C=O) groups excluding carboxylic acids is 1. The number of rotatable bonds is 5. The Kier molecular flexibility index (Phi) is 3.96. The van der Waals surface area contributed by atoms with Crippen LogP contribution in [0.4, 0.5) is 0 Å². The lowest BCUT2D eigenvalue weighted by atomic mass is 10.3. The van der Waals surface area contributed by atoms with Crippen LogP contribution in [0.1, 0.15) is 36.2 Å². The van der Waals surface area contributed by atoms with Gasteiger partial charge in [0.1, 0.15) is 5.69 Å². The van der Waals surface area contributed by atoms with Gasteiger partial charge in [0.15, 0.2) is 0 Å². The van der Waals surface area contributed by atoms with E-state index in [0.717, 1.165) is 25.9 Å². The first-order valence-electron chi connectivity index (χ1n) is 6.21. The fourth-order valence-electron chi connectivity index (χ4n) is 2.07. The molecule has 0 spiro atoms. The van der Waals surface area contributed by atoms with Gasteiger partial charge in [-0.25, -0.2) is 0 Å². The van der Waals surface area contributed by atoms with Gasteiger partial charge >= 0.3 is 5.97 Å². The van der Waals surface area contributed by atoms with Gasteiger partial charge in [0.05, 0.1) is 0 Å². The number of hydrogen-bond acceptors (Lipinski definition) is 3. The molecule has 2 heterocycles. The van der Waals surface area contributed by atoms with Gasteiger partial charge in [-0.05, 0) is 25.3 Å². The van der Waals surface area contributed by atoms with Crippen LogP contribution in [0.15, 0.2) is 12.3 Å². The van der Waals surface area contributed by atoms with Gasteiger partial charge in [0.2, 0.25) is 0 Å². The summed E-state index contributed by atoms with van der Waals surface area (Å²) in [4.78, 5) is 24.2. The standard InChI is InChI=1S/C12H17N3O3/c16-11(17)4-3-8-15-9-5-10(13-15)12(18)14-6-1-2-7-14/h5,9H,1-4,6-8H2,(H,16,17). The number of carbonyl (C=O) groups is 2. The highest BCUT2D eigenvalue weighted by Gasteiger charge is 2.21. The Morgan fingerprint density at radius 1 is 1.33 bits per heavy atom. The van der Waals surface area contributed by atoms with Gasteiger partial charge in [0.25, 0.3) is 5.91 Å². The van der Waals surface area contributed by atoms with E-state index in [1.54, 1.807) is 16.9 Å². The van der Waals surface area contributed by atoms with Crippen LogP contribution >= 0.6 is 0 Å². The molecule has 0 aliphatic carbocycles. The Labute approximate surface area is 105 Å². The van der Waals surface area contributed by atoms with Crippen molar-refractivity contribution in [3.05, 3.63) is 18.0 Å². The van der Waals surface area contributed by atoms with Gasteiger partial charge in [0, 0.05) is 32.3 Å². The molecule has 0 bridgehead atoms. The van der Waals surface area contributed by atoms with E-state index in [-0.39, 0.29) is 12.3 Å². The molecule has 98 valence electrons. The van der Waals surface area contributed by atoms with Crippen LogP contribution in [-0.4, -0.2) is 44.8 Å². The fraction of sp³-hybridized carbons (Fsp3) is 0.583. The molecule has 0 saturated carbocycles. The minimum absolute atomic E-state index is 0.0236. The highest BCUT2D eigenvalue weighted by molar-refractivity contribution is 5.92. The highest BCUT2D eigenvalue weighted by Crippen LogP contribution is 2.11. The monoisotopic (exact) mass is 251 g/mol. The zero-order valence-corrected chi connectivity index (χ0v) is 10.2. The smallest absolute Gasteiger partial charge is 0.303 e. The predicted octanol–water partition coefficient (Wildman–Crippen LogP) is 0.984. The Morgan fingerprint density at radius 2 is 2.06 bits per heavy atom. The average molecular weight is 251 g/mol. The van der Waals surface area contributed by atoms with E-state index in [2.05, 4.69) is 5.10 Å². The number of hydrogen-bond donors (Lipinski definition) is 1. The van der Waals surface area contributed by atoms with Crippen LogP contribution in [0.3, 0.4) is 0 Å². The topological polar surface area (TPSA) is 75.4 Å². The normalized spacial score (nSPS) is 15.0. The summed E-state index contributed by atoms with van der Waals surface area (Å²) in [5.74, 6) is -0.833. The second-order valence-electron chi connectivity index (χ2n) is 4.46. The van der Waals surface area contributed by atoms with Crippen LogP contribution in [0.5, 0.6) is 0 Å². The molecule has 2 rings (SSSR count). The molecule has 0 aromatic carbocycles. The first-order chi connectivity index (χ1) is 8.66. The summed E-state index contributed by atoms with van der Waals surface area (Å²) in [6.07, 6.45) is 4.49. The number of aliphatic carboxylic acids is 1. The van der Waals surface area contributed by atoms with Crippen molar-refractivity contribution in [1.29, 1.82) is 0 Å². The molecule has 1 saturated heterocycles. The van der Waals surface area contributed by atoms with Crippen molar-refractivity contribution in [3.8, 4) is 0 Å². The number of nitrogens with zero attached hydrogens (tertiary/aromatic N) is 3. The van der Waals surface area contributed by atoms with E-state index in [1.165, 1.54) is 0 Å². The molecule has 0 atom stereocenters. The van der Waals surface area contributed by atoms with Crippen LogP contribution in [0, 0.1) is 0 Å². The summed E-state index contributed by atoms with van der Waals surface area (Å²) in [7, 11) is 0. The van der Waals surface area contributed by atoms with E-state index in [4.69, 9.17) is 5.11 Å². The van der Waals surface area contributed by atoms with Crippen LogP contribution < -0.4 is 0 Å². The summed E-state index contributed by atoms with van der Waals surface area (Å²) in [6.45, 7) is 2.15. The molecule has 18 heavy (non-hydrogen) atoms. The maximum absolute atomic E-state index is 12.0. The Balaban J connectivity index is 1.88. The maximum Gasteiger partial charge on any atom is 0.303 e. The van der Waals surface area contributed by atoms with E-state index >= 15 is 0 Å². The van der Waals surface area contributed by atoms with E-state index in [9.17, 15) is 9.59 Å². The van der Waals surface area contributed by atoms with Crippen molar-refractivity contribution in [1.82, 2.24) is 14.7 Å². The van der Waals surface area contributed by atoms with Gasteiger partial charge < -0.3 is 10.0 Å². The van der Waals surface area contributed by atoms with Crippen molar-refractivity contribution >= 4 is 11.9 Å². The number of carboxylic acid groups (broad SMARTS) is 1. The fourth-order valence-corrected chi connectivity index (χ4v) is 2.07. The van der Waals surface area contributed by atoms with Crippen molar-refractivity contribution in [3.63, 3.8) is 0 Å². The lowest BCUT2D eigenvalue weighted by Gasteiger charge is -2.12. The molecule has 1 aliphatic heterocycles. The highest BCUT2D eigenvalue weighted by atomic mass is 16.4. The first kappa shape index (κ1) is 12.6. The Morgan fingerprint density at radius 3 is 2.72 bits per heavy atom. The van der Waals surface area contributed by atoms with Crippen LogP contribution in [0.25, 0.3) is 0 Å². The summed E-state index contributed by atoms with van der Waals surface area (Å²) >= 11 is 0. The zero-order valence-electron chi connectivity index (χ0n) is 10.2. The maximum atomic E-state index is 12.0. The van der Waals surface area contributed by atoms with Crippen LogP contribution in [0.2, 0.25) is 0 Å². The SMILES string of the molecule is O=C(O)CCCn1ccc(C(=O)N2CCCC2)n1. The number of aromatic nitrogens is 2. The third-order valence-electron chi connectivity index (χ3n) is 3.03. The number of amides is 1. The van der Waals surface area contributed by atoms with Crippen molar-refractivity contribution < 1.29 is 14.7 Å². The molecule has 0 unspecified atom stereocenters. The first-order valence-corrected chi connectivity index (χ1v) is 6.21. The molecule has 1 amide bonds. The van der Waals surface area contributed by atoms with Gasteiger partial charge in [-0.1, -0.05) is 0 Å². The lowest BCUT2D eigenvalue weighted by Crippen LogP contribution is -2.28. The third-order valence-corrected chi connectivity index (χ3v) is 3.03. The molecule has 1 aromatic heterocycles. The summed E-state index contributed by atoms with van der Waals surface area (Å²) in [5.41, 5.74) is 0.451. The van der Waals surface area contributed by atoms with Gasteiger partial charge in [-0.3, -0.25) is 14.3 Å². The molecule has 1 aromatic rings. The summed E-state index contributed by atoms with van der Waals surface area (Å²) < 4.78 is 1.63. The van der Waals surface area contributed by atoms with E-state index < -0.39 is 5.97 Å². The summed E-state index contributed by atoms with van der Waals surface area (Å²) in [5, 5.41) is 12.7. The zero-order chi connectivity index (χ0) is 13.0. The number of likely N-dealkylation sites (tertiary alicyclic amines) is 1. The Hall–Kier alpha value is -1.85. The molecule has 0 radical (unpaired) electrons. The number of carboxylic acids is 1. The molecular formula is C12H17N3O3. The Bertz CT molecular complexity index is 436. The van der Waals surface area contributed by atoms with Gasteiger partial charge in [-0.15, -0.1) is 0 Å². The minimum atomic E-state index is -0.810. The van der Waals surface area contributed by atoms with E-state index in [0.29, 0.717) is 18.7 Å². The average Bonchev–Trinajstić information content (AvgIpc) is 2.99. The van der Waals surface area contributed by atoms with Gasteiger partial charge in [-0.2, -0.15) is 5.10 Å². The largest absolute Gasteiger partial charge is 0.481 e. The second kappa shape index (κ2) is 5.66. The quantitative estimate of drug-likeness (QED) is 0.846. The van der Waals surface area contributed by atoms with E-state index in [1.807, 2.05) is 4.90 Å². The van der Waals surface area contributed by atoms with Crippen molar-refractivity contribution in [2.45, 2.75) is 32.2 Å². The lowest BCUT2D eigenvalue weighted by molar-refractivity contribution is -0.137. The van der Waals surface area contributed by atoms with Crippen molar-refractivity contribution in [2.75, 3.05) is 13.1 Å². The molecule has 6 heteroatoms.